The highest BCUT2D eigenvalue weighted by Crippen LogP contribution is 2.21. The van der Waals surface area contributed by atoms with Gasteiger partial charge in [-0.25, -0.2) is 0 Å². The molecule has 0 aliphatic rings. The van der Waals surface area contributed by atoms with E-state index in [4.69, 9.17) is 5.73 Å². The summed E-state index contributed by atoms with van der Waals surface area (Å²) >= 11 is 3.37. The van der Waals surface area contributed by atoms with Gasteiger partial charge in [0.15, 0.2) is 0 Å². The quantitative estimate of drug-likeness (QED) is 0.830. The summed E-state index contributed by atoms with van der Waals surface area (Å²) in [6, 6.07) is 5.32. The van der Waals surface area contributed by atoms with Crippen LogP contribution in [0.1, 0.15) is 12.0 Å². The van der Waals surface area contributed by atoms with Crippen molar-refractivity contribution in [3.63, 3.8) is 0 Å². The summed E-state index contributed by atoms with van der Waals surface area (Å²) in [4.78, 5) is 0. The van der Waals surface area contributed by atoms with Crippen molar-refractivity contribution < 1.29 is 8.42 Å². The molecule has 1 rings (SSSR count). The Bertz CT molecular complexity index is 505. The minimum Gasteiger partial charge on any atom is -0.330 e. The lowest BCUT2D eigenvalue weighted by atomic mass is 10.2. The fraction of sp³-hybridized carbons (Fsp3) is 0.455. The van der Waals surface area contributed by atoms with E-state index in [0.717, 1.165) is 10.0 Å². The molecule has 0 aromatic heterocycles. The molecule has 102 valence electrons. The van der Waals surface area contributed by atoms with Gasteiger partial charge >= 0.3 is 10.2 Å². The van der Waals surface area contributed by atoms with Gasteiger partial charge in [-0.2, -0.15) is 12.7 Å². The molecule has 1 aromatic rings. The van der Waals surface area contributed by atoms with Crippen LogP contribution in [0.4, 0.5) is 5.69 Å². The summed E-state index contributed by atoms with van der Waals surface area (Å²) in [7, 11) is -1.98. The van der Waals surface area contributed by atoms with E-state index in [1.54, 1.807) is 12.1 Å². The minimum absolute atomic E-state index is 0.402. The molecule has 0 radical (unpaired) electrons. The largest absolute Gasteiger partial charge is 0.330 e. The van der Waals surface area contributed by atoms with Gasteiger partial charge in [0.05, 0.1) is 5.69 Å². The second-order valence-corrected chi connectivity index (χ2v) is 6.67. The molecule has 0 spiro atoms. The lowest BCUT2D eigenvalue weighted by Gasteiger charge is -2.18. The highest BCUT2D eigenvalue weighted by Gasteiger charge is 2.16. The summed E-state index contributed by atoms with van der Waals surface area (Å²) in [5, 5.41) is 0. The van der Waals surface area contributed by atoms with Crippen molar-refractivity contribution in [3.8, 4) is 0 Å². The summed E-state index contributed by atoms with van der Waals surface area (Å²) in [5.74, 6) is 0. The van der Waals surface area contributed by atoms with Crippen LogP contribution in [-0.2, 0) is 10.2 Å². The van der Waals surface area contributed by atoms with E-state index < -0.39 is 10.2 Å². The molecule has 0 fully saturated rings. The summed E-state index contributed by atoms with van der Waals surface area (Å²) in [6.45, 7) is 2.81. The van der Waals surface area contributed by atoms with Crippen molar-refractivity contribution >= 4 is 31.8 Å². The first-order chi connectivity index (χ1) is 8.36. The van der Waals surface area contributed by atoms with Crippen LogP contribution < -0.4 is 10.5 Å². The average molecular weight is 336 g/mol. The maximum atomic E-state index is 12.0. The summed E-state index contributed by atoms with van der Waals surface area (Å²) in [6.07, 6.45) is 0.634. The fourth-order valence-corrected chi connectivity index (χ4v) is 2.65. The van der Waals surface area contributed by atoms with Crippen molar-refractivity contribution in [3.05, 3.63) is 28.2 Å². The lowest BCUT2D eigenvalue weighted by Crippen LogP contribution is -2.34. The molecular weight excluding hydrogens is 318 g/mol. The minimum atomic E-state index is -3.51. The fourth-order valence-electron chi connectivity index (χ4n) is 1.32. The van der Waals surface area contributed by atoms with Crippen molar-refractivity contribution in [2.75, 3.05) is 24.9 Å². The van der Waals surface area contributed by atoms with Crippen molar-refractivity contribution in [2.45, 2.75) is 13.3 Å². The Hall–Kier alpha value is -0.630. The van der Waals surface area contributed by atoms with Crippen LogP contribution in [0.2, 0.25) is 0 Å². The number of anilines is 1. The predicted octanol–water partition coefficient (Wildman–Crippen LogP) is 1.69. The zero-order chi connectivity index (χ0) is 13.8. The summed E-state index contributed by atoms with van der Waals surface area (Å²) < 4.78 is 28.6. The topological polar surface area (TPSA) is 75.4 Å². The molecule has 0 aliphatic carbocycles. The highest BCUT2D eigenvalue weighted by molar-refractivity contribution is 9.10. The van der Waals surface area contributed by atoms with Crippen LogP contribution in [0, 0.1) is 6.92 Å². The Morgan fingerprint density at radius 1 is 1.44 bits per heavy atom. The van der Waals surface area contributed by atoms with Gasteiger partial charge in [0.2, 0.25) is 0 Å². The molecule has 0 unspecified atom stereocenters. The SMILES string of the molecule is Cc1ccc(NS(=O)(=O)N(C)CCCN)cc1Br. The predicted molar refractivity (Wildman–Crippen MR) is 77.7 cm³/mol. The summed E-state index contributed by atoms with van der Waals surface area (Å²) in [5.41, 5.74) is 6.95. The number of rotatable bonds is 6. The van der Waals surface area contributed by atoms with E-state index in [1.165, 1.54) is 11.4 Å². The third-order valence-electron chi connectivity index (χ3n) is 2.51. The first-order valence-corrected chi connectivity index (χ1v) is 7.80. The van der Waals surface area contributed by atoms with Crippen molar-refractivity contribution in [1.82, 2.24) is 4.31 Å². The van der Waals surface area contributed by atoms with E-state index in [2.05, 4.69) is 20.7 Å². The monoisotopic (exact) mass is 335 g/mol. The molecule has 5 nitrogen and oxygen atoms in total. The van der Waals surface area contributed by atoms with Gasteiger partial charge < -0.3 is 5.73 Å². The Labute approximate surface area is 117 Å². The lowest BCUT2D eigenvalue weighted by molar-refractivity contribution is 0.468. The molecular formula is C11H18BrN3O2S. The van der Waals surface area contributed by atoms with Crippen LogP contribution in [0.25, 0.3) is 0 Å². The number of benzene rings is 1. The second kappa shape index (κ2) is 6.51. The van der Waals surface area contributed by atoms with Gasteiger partial charge in [-0.15, -0.1) is 0 Å². The Morgan fingerprint density at radius 3 is 2.67 bits per heavy atom. The van der Waals surface area contributed by atoms with Crippen molar-refractivity contribution in [2.24, 2.45) is 5.73 Å². The van der Waals surface area contributed by atoms with Gasteiger partial charge in [-0.3, -0.25) is 4.72 Å². The van der Waals surface area contributed by atoms with Crippen LogP contribution in [0.3, 0.4) is 0 Å². The molecule has 0 atom stereocenters. The third kappa shape index (κ3) is 4.24. The molecule has 18 heavy (non-hydrogen) atoms. The third-order valence-corrected chi connectivity index (χ3v) is 4.86. The number of aryl methyl sites for hydroxylation is 1. The van der Waals surface area contributed by atoms with Gasteiger partial charge in [-0.1, -0.05) is 22.0 Å². The Balaban J connectivity index is 2.78. The molecule has 0 saturated carbocycles. The number of halogens is 1. The van der Waals surface area contributed by atoms with E-state index in [-0.39, 0.29) is 0 Å². The molecule has 0 saturated heterocycles. The first kappa shape index (κ1) is 15.4. The van der Waals surface area contributed by atoms with Crippen LogP contribution in [-0.4, -0.2) is 32.9 Å². The normalized spacial score (nSPS) is 11.8. The molecule has 7 heteroatoms. The molecule has 0 amide bonds. The van der Waals surface area contributed by atoms with E-state index >= 15 is 0 Å². The average Bonchev–Trinajstić information content (AvgIpc) is 2.30. The van der Waals surface area contributed by atoms with Crippen LogP contribution >= 0.6 is 15.9 Å². The number of nitrogens with one attached hydrogen (secondary N) is 1. The van der Waals surface area contributed by atoms with Crippen LogP contribution in [0.15, 0.2) is 22.7 Å². The zero-order valence-electron chi connectivity index (χ0n) is 10.5. The maximum absolute atomic E-state index is 12.0. The first-order valence-electron chi connectivity index (χ1n) is 5.57. The van der Waals surface area contributed by atoms with Gasteiger partial charge in [0, 0.05) is 18.1 Å². The molecule has 0 aliphatic heterocycles. The Morgan fingerprint density at radius 2 is 2.11 bits per heavy atom. The molecule has 0 heterocycles. The number of nitrogens with two attached hydrogens (primary N) is 1. The Kier molecular flexibility index (Phi) is 5.58. The second-order valence-electron chi connectivity index (χ2n) is 4.03. The number of hydrogen-bond acceptors (Lipinski definition) is 3. The zero-order valence-corrected chi connectivity index (χ0v) is 12.9. The highest BCUT2D eigenvalue weighted by atomic mass is 79.9. The van der Waals surface area contributed by atoms with E-state index in [0.29, 0.717) is 25.2 Å². The van der Waals surface area contributed by atoms with Gasteiger partial charge in [0.1, 0.15) is 0 Å². The number of nitrogens with zero attached hydrogens (tertiary/aromatic N) is 1. The van der Waals surface area contributed by atoms with Gasteiger partial charge in [0.25, 0.3) is 0 Å². The van der Waals surface area contributed by atoms with Crippen LogP contribution in [0.5, 0.6) is 0 Å². The molecule has 1 aromatic carbocycles. The molecule has 3 N–H and O–H groups in total. The maximum Gasteiger partial charge on any atom is 0.301 e. The van der Waals surface area contributed by atoms with Gasteiger partial charge in [-0.05, 0) is 37.6 Å². The smallest absolute Gasteiger partial charge is 0.301 e. The van der Waals surface area contributed by atoms with Crippen molar-refractivity contribution in [1.29, 1.82) is 0 Å². The standard InChI is InChI=1S/C11H18BrN3O2S/c1-9-4-5-10(8-11(9)12)14-18(16,17)15(2)7-3-6-13/h4-5,8,14H,3,6-7,13H2,1-2H3. The number of hydrogen-bond donors (Lipinski definition) is 2. The van der Waals surface area contributed by atoms with E-state index in [1.807, 2.05) is 13.0 Å². The molecule has 0 bridgehead atoms. The van der Waals surface area contributed by atoms with E-state index in [9.17, 15) is 8.42 Å².